The van der Waals surface area contributed by atoms with Crippen LogP contribution in [0.25, 0.3) is 0 Å². The third kappa shape index (κ3) is 2.16. The lowest BCUT2D eigenvalue weighted by Gasteiger charge is -1.98. The third-order valence-electron chi connectivity index (χ3n) is 1.06. The van der Waals surface area contributed by atoms with Crippen molar-refractivity contribution >= 4 is 37.6 Å². The fourth-order valence-corrected chi connectivity index (χ4v) is 2.28. The van der Waals surface area contributed by atoms with Crippen LogP contribution >= 0.6 is 27.5 Å². The van der Waals surface area contributed by atoms with Gasteiger partial charge in [-0.25, -0.2) is 4.98 Å². The summed E-state index contributed by atoms with van der Waals surface area (Å²) in [5.74, 6) is 0. The molecule has 0 spiro atoms. The van der Waals surface area contributed by atoms with Crippen molar-refractivity contribution < 1.29 is 13.0 Å². The minimum atomic E-state index is -4.22. The van der Waals surface area contributed by atoms with E-state index in [1.165, 1.54) is 6.07 Å². The molecular formula is C5H3BrClNO3S. The fraction of sp³-hybridized carbons (Fsp3) is 0. The molecule has 1 rings (SSSR count). The number of aromatic nitrogens is 1. The molecule has 1 aromatic heterocycles. The first kappa shape index (κ1) is 9.91. The molecule has 7 heteroatoms. The molecule has 0 radical (unpaired) electrons. The Morgan fingerprint density at radius 3 is 2.50 bits per heavy atom. The molecule has 0 aromatic carbocycles. The van der Waals surface area contributed by atoms with Gasteiger partial charge in [0.05, 0.1) is 0 Å². The Kier molecular flexibility index (Phi) is 2.72. The smallest absolute Gasteiger partial charge is 0.282 e. The Labute approximate surface area is 82.5 Å². The summed E-state index contributed by atoms with van der Waals surface area (Å²) in [7, 11) is -4.22. The van der Waals surface area contributed by atoms with E-state index in [9.17, 15) is 8.42 Å². The van der Waals surface area contributed by atoms with Crippen molar-refractivity contribution in [2.45, 2.75) is 4.90 Å². The summed E-state index contributed by atoms with van der Waals surface area (Å²) in [5, 5.41) is 0.147. The lowest BCUT2D eigenvalue weighted by atomic mass is 10.5. The van der Waals surface area contributed by atoms with E-state index < -0.39 is 10.1 Å². The van der Waals surface area contributed by atoms with Crippen molar-refractivity contribution in [2.24, 2.45) is 0 Å². The van der Waals surface area contributed by atoms with E-state index in [4.69, 9.17) is 16.2 Å². The molecular weight excluding hydrogens is 269 g/mol. The van der Waals surface area contributed by atoms with E-state index in [1.54, 1.807) is 0 Å². The molecule has 0 aliphatic rings. The van der Waals surface area contributed by atoms with Crippen LogP contribution in [0.3, 0.4) is 0 Å². The van der Waals surface area contributed by atoms with E-state index in [1.807, 2.05) is 0 Å². The standard InChI is InChI=1S/C5H3BrClNO3S/c6-5-3(12(9,10)11)1-2-4(7)8-5/h1-2H,(H,9,10,11). The van der Waals surface area contributed by atoms with Gasteiger partial charge >= 0.3 is 0 Å². The van der Waals surface area contributed by atoms with Crippen molar-refractivity contribution in [3.05, 3.63) is 21.9 Å². The van der Waals surface area contributed by atoms with Crippen LogP contribution < -0.4 is 0 Å². The van der Waals surface area contributed by atoms with Gasteiger partial charge in [-0.05, 0) is 28.1 Å². The van der Waals surface area contributed by atoms with Gasteiger partial charge in [0, 0.05) is 0 Å². The average Bonchev–Trinajstić information content (AvgIpc) is 1.83. The van der Waals surface area contributed by atoms with E-state index in [-0.39, 0.29) is 14.7 Å². The summed E-state index contributed by atoms with van der Waals surface area (Å²) < 4.78 is 29.8. The van der Waals surface area contributed by atoms with Gasteiger partial charge in [0.15, 0.2) is 0 Å². The van der Waals surface area contributed by atoms with Crippen LogP contribution in [0, 0.1) is 0 Å². The Bertz CT molecular complexity index is 405. The Morgan fingerprint density at radius 2 is 2.08 bits per heavy atom. The van der Waals surface area contributed by atoms with Gasteiger partial charge in [0.25, 0.3) is 10.1 Å². The van der Waals surface area contributed by atoms with Crippen molar-refractivity contribution in [3.8, 4) is 0 Å². The minimum Gasteiger partial charge on any atom is -0.282 e. The molecule has 0 unspecified atom stereocenters. The zero-order valence-electron chi connectivity index (χ0n) is 5.53. The summed E-state index contributed by atoms with van der Waals surface area (Å²) in [6.45, 7) is 0. The van der Waals surface area contributed by atoms with Gasteiger partial charge in [-0.3, -0.25) is 4.55 Å². The lowest BCUT2D eigenvalue weighted by Crippen LogP contribution is -2.00. The van der Waals surface area contributed by atoms with E-state index in [2.05, 4.69) is 20.9 Å². The van der Waals surface area contributed by atoms with Gasteiger partial charge < -0.3 is 0 Å². The molecule has 0 aliphatic heterocycles. The summed E-state index contributed by atoms with van der Waals surface area (Å²) in [5.41, 5.74) is 0. The van der Waals surface area contributed by atoms with Gasteiger partial charge in [-0.1, -0.05) is 11.6 Å². The summed E-state index contributed by atoms with van der Waals surface area (Å²) >= 11 is 8.30. The third-order valence-corrected chi connectivity index (χ3v) is 3.02. The molecule has 1 N–H and O–H groups in total. The number of pyridine rings is 1. The molecule has 0 atom stereocenters. The van der Waals surface area contributed by atoms with Crippen LogP contribution in [-0.4, -0.2) is 18.0 Å². The SMILES string of the molecule is O=S(=O)(O)c1ccc(Cl)nc1Br. The Balaban J connectivity index is 3.39. The van der Waals surface area contributed by atoms with Crippen molar-refractivity contribution in [1.82, 2.24) is 4.98 Å². The number of rotatable bonds is 1. The first-order chi connectivity index (χ1) is 5.41. The highest BCUT2D eigenvalue weighted by atomic mass is 79.9. The van der Waals surface area contributed by atoms with Crippen LogP contribution in [0.15, 0.2) is 21.6 Å². The molecule has 0 saturated heterocycles. The minimum absolute atomic E-state index is 0.00231. The molecule has 0 bridgehead atoms. The molecule has 0 aliphatic carbocycles. The molecule has 1 aromatic rings. The Morgan fingerprint density at radius 1 is 1.50 bits per heavy atom. The molecule has 0 saturated carbocycles. The number of hydrogen-bond donors (Lipinski definition) is 1. The maximum Gasteiger partial charge on any atom is 0.297 e. The second-order valence-electron chi connectivity index (χ2n) is 1.90. The van der Waals surface area contributed by atoms with Crippen molar-refractivity contribution in [3.63, 3.8) is 0 Å². The van der Waals surface area contributed by atoms with Gasteiger partial charge in [-0.2, -0.15) is 8.42 Å². The van der Waals surface area contributed by atoms with Gasteiger partial charge in [-0.15, -0.1) is 0 Å². The average molecular weight is 273 g/mol. The fourth-order valence-electron chi connectivity index (χ4n) is 0.592. The van der Waals surface area contributed by atoms with Crippen LogP contribution in [0.5, 0.6) is 0 Å². The summed E-state index contributed by atoms with van der Waals surface area (Å²) in [4.78, 5) is 3.28. The zero-order chi connectivity index (χ0) is 9.35. The van der Waals surface area contributed by atoms with Gasteiger partial charge in [0.2, 0.25) is 0 Å². The largest absolute Gasteiger partial charge is 0.297 e. The molecule has 12 heavy (non-hydrogen) atoms. The molecule has 66 valence electrons. The van der Waals surface area contributed by atoms with E-state index in [0.717, 1.165) is 6.07 Å². The monoisotopic (exact) mass is 271 g/mol. The Hall–Kier alpha value is -0.170. The molecule has 0 amide bonds. The predicted molar refractivity (Wildman–Crippen MR) is 46.8 cm³/mol. The van der Waals surface area contributed by atoms with E-state index in [0.29, 0.717) is 0 Å². The topological polar surface area (TPSA) is 67.3 Å². The van der Waals surface area contributed by atoms with Crippen LogP contribution in [0.4, 0.5) is 0 Å². The molecule has 4 nitrogen and oxygen atoms in total. The quantitative estimate of drug-likeness (QED) is 0.625. The second kappa shape index (κ2) is 3.29. The highest BCUT2D eigenvalue weighted by Crippen LogP contribution is 2.21. The maximum atomic E-state index is 10.6. The molecule has 1 heterocycles. The summed E-state index contributed by atoms with van der Waals surface area (Å²) in [6.07, 6.45) is 0. The van der Waals surface area contributed by atoms with Crippen molar-refractivity contribution in [1.29, 1.82) is 0 Å². The highest BCUT2D eigenvalue weighted by Gasteiger charge is 2.14. The summed E-state index contributed by atoms with van der Waals surface area (Å²) in [6, 6.07) is 2.43. The first-order valence-corrected chi connectivity index (χ1v) is 5.32. The van der Waals surface area contributed by atoms with Crippen LogP contribution in [0.1, 0.15) is 0 Å². The lowest BCUT2D eigenvalue weighted by molar-refractivity contribution is 0.482. The maximum absolute atomic E-state index is 10.6. The number of hydrogen-bond acceptors (Lipinski definition) is 3. The predicted octanol–water partition coefficient (Wildman–Crippen LogP) is 1.74. The molecule has 0 fully saturated rings. The van der Waals surface area contributed by atoms with E-state index >= 15 is 0 Å². The second-order valence-corrected chi connectivity index (χ2v) is 4.43. The number of nitrogens with zero attached hydrogens (tertiary/aromatic N) is 1. The van der Waals surface area contributed by atoms with Crippen LogP contribution in [0.2, 0.25) is 5.15 Å². The highest BCUT2D eigenvalue weighted by molar-refractivity contribution is 9.10. The number of halogens is 2. The van der Waals surface area contributed by atoms with Gasteiger partial charge in [0.1, 0.15) is 14.7 Å². The van der Waals surface area contributed by atoms with Crippen molar-refractivity contribution in [2.75, 3.05) is 0 Å². The zero-order valence-corrected chi connectivity index (χ0v) is 8.69. The first-order valence-electron chi connectivity index (χ1n) is 2.71. The normalized spacial score (nSPS) is 11.6. The van der Waals surface area contributed by atoms with Crippen LogP contribution in [-0.2, 0) is 10.1 Å².